The molecule has 3 heteroatoms. The van der Waals surface area contributed by atoms with Crippen molar-refractivity contribution in [3.05, 3.63) is 34.9 Å². The summed E-state index contributed by atoms with van der Waals surface area (Å²) in [4.78, 5) is 0. The van der Waals surface area contributed by atoms with Gasteiger partial charge in [-0.2, -0.15) is 0 Å². The summed E-state index contributed by atoms with van der Waals surface area (Å²) in [6.07, 6.45) is 0. The molecule has 2 N–H and O–H groups in total. The minimum atomic E-state index is -0.406. The van der Waals surface area contributed by atoms with Crippen molar-refractivity contribution in [2.45, 2.75) is 26.3 Å². The highest BCUT2D eigenvalue weighted by Crippen LogP contribution is 2.24. The van der Waals surface area contributed by atoms with Gasteiger partial charge in [-0.3, -0.25) is 0 Å². The van der Waals surface area contributed by atoms with Crippen LogP contribution in [0.2, 0.25) is 0 Å². The third kappa shape index (κ3) is 3.53. The zero-order chi connectivity index (χ0) is 12.9. The molecule has 0 amide bonds. The van der Waals surface area contributed by atoms with Gasteiger partial charge in [0, 0.05) is 13.7 Å². The Morgan fingerprint density at radius 2 is 2.06 bits per heavy atom. The van der Waals surface area contributed by atoms with Gasteiger partial charge in [0.15, 0.2) is 0 Å². The first-order valence-electron chi connectivity index (χ1n) is 5.96. The molecule has 0 spiro atoms. The van der Waals surface area contributed by atoms with E-state index in [1.165, 1.54) is 11.1 Å². The standard InChI is InChI=1S/C14H23NO2/c1-11-5-6-13(12(2)9-11)14(3,10-16)15-7-8-17-4/h5-6,9,15-16H,7-8,10H2,1-4H3. The summed E-state index contributed by atoms with van der Waals surface area (Å²) in [5.74, 6) is 0. The number of aliphatic hydroxyl groups is 1. The van der Waals surface area contributed by atoms with Gasteiger partial charge in [0.1, 0.15) is 0 Å². The second-order valence-electron chi connectivity index (χ2n) is 4.73. The summed E-state index contributed by atoms with van der Waals surface area (Å²) < 4.78 is 5.02. The van der Waals surface area contributed by atoms with Crippen LogP contribution in [0.1, 0.15) is 23.6 Å². The van der Waals surface area contributed by atoms with Crippen LogP contribution in [0.25, 0.3) is 0 Å². The molecule has 0 aromatic heterocycles. The molecule has 0 aliphatic carbocycles. The van der Waals surface area contributed by atoms with Crippen LogP contribution in [-0.2, 0) is 10.3 Å². The Hall–Kier alpha value is -0.900. The summed E-state index contributed by atoms with van der Waals surface area (Å²) in [5, 5.41) is 13.0. The van der Waals surface area contributed by atoms with Crippen LogP contribution in [0.15, 0.2) is 18.2 Å². The SMILES string of the molecule is COCCNC(C)(CO)c1ccc(C)cc1C. The number of nitrogens with one attached hydrogen (secondary N) is 1. The fraction of sp³-hybridized carbons (Fsp3) is 0.571. The van der Waals surface area contributed by atoms with Crippen LogP contribution in [0.5, 0.6) is 0 Å². The number of rotatable bonds is 6. The summed E-state index contributed by atoms with van der Waals surface area (Å²) in [5.41, 5.74) is 3.17. The van der Waals surface area contributed by atoms with Crippen LogP contribution in [0.4, 0.5) is 0 Å². The van der Waals surface area contributed by atoms with Crippen molar-refractivity contribution >= 4 is 0 Å². The smallest absolute Gasteiger partial charge is 0.0652 e. The third-order valence-electron chi connectivity index (χ3n) is 3.11. The van der Waals surface area contributed by atoms with Gasteiger partial charge >= 0.3 is 0 Å². The number of methoxy groups -OCH3 is 1. The molecule has 0 fully saturated rings. The zero-order valence-electron chi connectivity index (χ0n) is 11.2. The molecule has 1 unspecified atom stereocenters. The van der Waals surface area contributed by atoms with Gasteiger partial charge in [-0.25, -0.2) is 0 Å². The number of benzene rings is 1. The maximum atomic E-state index is 9.63. The molecule has 17 heavy (non-hydrogen) atoms. The molecule has 0 bridgehead atoms. The number of aliphatic hydroxyl groups excluding tert-OH is 1. The Bertz CT molecular complexity index is 365. The first-order valence-corrected chi connectivity index (χ1v) is 5.96. The molecular formula is C14H23NO2. The van der Waals surface area contributed by atoms with Crippen LogP contribution >= 0.6 is 0 Å². The Morgan fingerprint density at radius 3 is 2.59 bits per heavy atom. The van der Waals surface area contributed by atoms with Gasteiger partial charge in [0.25, 0.3) is 0 Å². The summed E-state index contributed by atoms with van der Waals surface area (Å²) >= 11 is 0. The van der Waals surface area contributed by atoms with Gasteiger partial charge in [-0.15, -0.1) is 0 Å². The number of ether oxygens (including phenoxy) is 1. The fourth-order valence-corrected chi connectivity index (χ4v) is 2.10. The average Bonchev–Trinajstić information content (AvgIpc) is 2.29. The van der Waals surface area contributed by atoms with E-state index in [9.17, 15) is 5.11 Å². The molecule has 0 heterocycles. The number of hydrogen-bond donors (Lipinski definition) is 2. The van der Waals surface area contributed by atoms with E-state index in [0.29, 0.717) is 6.61 Å². The Kier molecular flexibility index (Phi) is 5.12. The van der Waals surface area contributed by atoms with E-state index in [1.807, 2.05) is 6.92 Å². The van der Waals surface area contributed by atoms with Crippen molar-refractivity contribution in [1.82, 2.24) is 5.32 Å². The predicted molar refractivity (Wildman–Crippen MR) is 70.2 cm³/mol. The molecule has 0 saturated carbocycles. The van der Waals surface area contributed by atoms with Gasteiger partial charge in [0.05, 0.1) is 18.8 Å². The minimum Gasteiger partial charge on any atom is -0.394 e. The summed E-state index contributed by atoms with van der Waals surface area (Å²) in [7, 11) is 1.68. The lowest BCUT2D eigenvalue weighted by atomic mass is 9.88. The summed E-state index contributed by atoms with van der Waals surface area (Å²) in [6, 6.07) is 6.30. The second kappa shape index (κ2) is 6.15. The lowest BCUT2D eigenvalue weighted by Crippen LogP contribution is -2.44. The van der Waals surface area contributed by atoms with E-state index in [2.05, 4.69) is 37.4 Å². The van der Waals surface area contributed by atoms with Crippen LogP contribution in [-0.4, -0.2) is 32.0 Å². The largest absolute Gasteiger partial charge is 0.394 e. The lowest BCUT2D eigenvalue weighted by Gasteiger charge is -2.31. The van der Waals surface area contributed by atoms with Crippen molar-refractivity contribution in [1.29, 1.82) is 0 Å². The molecule has 1 rings (SSSR count). The topological polar surface area (TPSA) is 41.5 Å². The van der Waals surface area contributed by atoms with Crippen molar-refractivity contribution < 1.29 is 9.84 Å². The number of aryl methyl sites for hydroxylation is 2. The van der Waals surface area contributed by atoms with Gasteiger partial charge < -0.3 is 15.2 Å². The van der Waals surface area contributed by atoms with E-state index in [-0.39, 0.29) is 6.61 Å². The molecule has 3 nitrogen and oxygen atoms in total. The normalized spacial score (nSPS) is 14.6. The van der Waals surface area contributed by atoms with Crippen molar-refractivity contribution in [3.8, 4) is 0 Å². The van der Waals surface area contributed by atoms with E-state index >= 15 is 0 Å². The lowest BCUT2D eigenvalue weighted by molar-refractivity contribution is 0.147. The molecular weight excluding hydrogens is 214 g/mol. The Balaban J connectivity index is 2.90. The first kappa shape index (κ1) is 14.2. The monoisotopic (exact) mass is 237 g/mol. The second-order valence-corrected chi connectivity index (χ2v) is 4.73. The molecule has 1 aromatic rings. The maximum Gasteiger partial charge on any atom is 0.0652 e. The van der Waals surface area contributed by atoms with Gasteiger partial charge in [0.2, 0.25) is 0 Å². The van der Waals surface area contributed by atoms with Crippen LogP contribution in [0, 0.1) is 13.8 Å². The van der Waals surface area contributed by atoms with Crippen LogP contribution < -0.4 is 5.32 Å². The quantitative estimate of drug-likeness (QED) is 0.741. The van der Waals surface area contributed by atoms with Gasteiger partial charge in [-0.1, -0.05) is 23.8 Å². The van der Waals surface area contributed by atoms with Crippen molar-refractivity contribution in [3.63, 3.8) is 0 Å². The van der Waals surface area contributed by atoms with E-state index in [1.54, 1.807) is 7.11 Å². The highest BCUT2D eigenvalue weighted by molar-refractivity contribution is 5.35. The highest BCUT2D eigenvalue weighted by Gasteiger charge is 2.26. The first-order chi connectivity index (χ1) is 8.03. The molecule has 0 radical (unpaired) electrons. The maximum absolute atomic E-state index is 9.63. The third-order valence-corrected chi connectivity index (χ3v) is 3.11. The molecule has 1 atom stereocenters. The number of hydrogen-bond acceptors (Lipinski definition) is 3. The molecule has 96 valence electrons. The summed E-state index contributed by atoms with van der Waals surface area (Å²) in [6.45, 7) is 7.60. The molecule has 0 aliphatic rings. The van der Waals surface area contributed by atoms with Crippen molar-refractivity contribution in [2.24, 2.45) is 0 Å². The van der Waals surface area contributed by atoms with Crippen molar-refractivity contribution in [2.75, 3.05) is 26.9 Å². The van der Waals surface area contributed by atoms with Gasteiger partial charge in [-0.05, 0) is 31.9 Å². The molecule has 0 aliphatic heterocycles. The van der Waals surface area contributed by atoms with E-state index in [4.69, 9.17) is 4.74 Å². The predicted octanol–water partition coefficient (Wildman–Crippen LogP) is 1.75. The van der Waals surface area contributed by atoms with E-state index < -0.39 is 5.54 Å². The Morgan fingerprint density at radius 1 is 1.35 bits per heavy atom. The average molecular weight is 237 g/mol. The highest BCUT2D eigenvalue weighted by atomic mass is 16.5. The molecule has 1 aromatic carbocycles. The van der Waals surface area contributed by atoms with E-state index in [0.717, 1.165) is 12.1 Å². The molecule has 0 saturated heterocycles. The fourth-order valence-electron chi connectivity index (χ4n) is 2.10. The van der Waals surface area contributed by atoms with Crippen LogP contribution in [0.3, 0.4) is 0 Å². The Labute approximate surface area is 104 Å². The zero-order valence-corrected chi connectivity index (χ0v) is 11.2. The minimum absolute atomic E-state index is 0.0701.